The van der Waals surface area contributed by atoms with Gasteiger partial charge in [0, 0.05) is 18.7 Å². The maximum Gasteiger partial charge on any atom is 0.115 e. The molecule has 1 atom stereocenters. The highest BCUT2D eigenvalue weighted by Gasteiger charge is 2.30. The molecule has 1 aliphatic rings. The van der Waals surface area contributed by atoms with Gasteiger partial charge in [-0.05, 0) is 44.4 Å². The van der Waals surface area contributed by atoms with E-state index >= 15 is 0 Å². The van der Waals surface area contributed by atoms with Crippen LogP contribution in [0.5, 0.6) is 5.75 Å². The van der Waals surface area contributed by atoms with Crippen LogP contribution in [0.3, 0.4) is 0 Å². The van der Waals surface area contributed by atoms with Crippen molar-refractivity contribution >= 4 is 0 Å². The molecule has 0 bridgehead atoms. The van der Waals surface area contributed by atoms with Crippen LogP contribution < -0.4 is 5.32 Å². The highest BCUT2D eigenvalue weighted by atomic mass is 16.5. The number of hydrogen-bond donors (Lipinski definition) is 2. The normalized spacial score (nSPS) is 25.3. The van der Waals surface area contributed by atoms with Gasteiger partial charge in [0.15, 0.2) is 0 Å². The van der Waals surface area contributed by atoms with E-state index in [0.29, 0.717) is 23.9 Å². The highest BCUT2D eigenvalue weighted by Crippen LogP contribution is 2.26. The van der Waals surface area contributed by atoms with Crippen LogP contribution in [0.15, 0.2) is 24.3 Å². The molecule has 1 unspecified atom stereocenters. The molecule has 3 heteroatoms. The molecule has 3 nitrogen and oxygen atoms in total. The predicted octanol–water partition coefficient (Wildman–Crippen LogP) is 2.61. The third-order valence-electron chi connectivity index (χ3n) is 3.38. The van der Waals surface area contributed by atoms with Crippen molar-refractivity contribution in [2.24, 2.45) is 0 Å². The van der Waals surface area contributed by atoms with Crippen molar-refractivity contribution in [2.45, 2.75) is 44.9 Å². The Morgan fingerprint density at radius 3 is 2.59 bits per heavy atom. The van der Waals surface area contributed by atoms with Crippen molar-refractivity contribution in [3.63, 3.8) is 0 Å². The molecule has 94 valence electrons. The number of ether oxygens (including phenoxy) is 1. The van der Waals surface area contributed by atoms with Gasteiger partial charge in [0.1, 0.15) is 5.75 Å². The van der Waals surface area contributed by atoms with Crippen LogP contribution in [-0.2, 0) is 4.74 Å². The Morgan fingerprint density at radius 2 is 2.00 bits per heavy atom. The van der Waals surface area contributed by atoms with Crippen LogP contribution >= 0.6 is 0 Å². The Labute approximate surface area is 103 Å². The second-order valence-electron chi connectivity index (χ2n) is 4.73. The summed E-state index contributed by atoms with van der Waals surface area (Å²) in [6, 6.07) is 8.28. The zero-order valence-electron chi connectivity index (χ0n) is 10.5. The summed E-state index contributed by atoms with van der Waals surface area (Å²) in [6.45, 7) is 5.01. The van der Waals surface area contributed by atoms with E-state index in [2.05, 4.69) is 12.2 Å². The minimum absolute atomic E-state index is 0.320. The molecule has 1 saturated carbocycles. The average molecular weight is 235 g/mol. The maximum atomic E-state index is 9.23. The van der Waals surface area contributed by atoms with Gasteiger partial charge in [0.25, 0.3) is 0 Å². The molecule has 0 spiro atoms. The van der Waals surface area contributed by atoms with Gasteiger partial charge in [-0.1, -0.05) is 12.1 Å². The first-order valence-electron chi connectivity index (χ1n) is 6.35. The van der Waals surface area contributed by atoms with Crippen LogP contribution in [0, 0.1) is 0 Å². The lowest BCUT2D eigenvalue weighted by atomic mass is 9.88. The fraction of sp³-hybridized carbons (Fsp3) is 0.571. The second-order valence-corrected chi connectivity index (χ2v) is 4.73. The SMILES string of the molecule is CCOC1CC(NC(C)c2ccc(O)cc2)C1. The van der Waals surface area contributed by atoms with Crippen LogP contribution in [0.2, 0.25) is 0 Å². The number of phenols is 1. The molecule has 0 amide bonds. The highest BCUT2D eigenvalue weighted by molar-refractivity contribution is 5.27. The van der Waals surface area contributed by atoms with Gasteiger partial charge in [-0.2, -0.15) is 0 Å². The van der Waals surface area contributed by atoms with E-state index in [-0.39, 0.29) is 0 Å². The van der Waals surface area contributed by atoms with E-state index in [1.165, 1.54) is 5.56 Å². The molecule has 0 aliphatic heterocycles. The van der Waals surface area contributed by atoms with Gasteiger partial charge in [0.05, 0.1) is 6.10 Å². The topological polar surface area (TPSA) is 41.5 Å². The summed E-state index contributed by atoms with van der Waals surface area (Å²) >= 11 is 0. The van der Waals surface area contributed by atoms with Crippen LogP contribution in [-0.4, -0.2) is 23.9 Å². The monoisotopic (exact) mass is 235 g/mol. The van der Waals surface area contributed by atoms with Gasteiger partial charge in [-0.25, -0.2) is 0 Å². The van der Waals surface area contributed by atoms with E-state index in [0.717, 1.165) is 19.4 Å². The summed E-state index contributed by atoms with van der Waals surface area (Å²) < 4.78 is 5.54. The minimum atomic E-state index is 0.320. The molecule has 0 heterocycles. The summed E-state index contributed by atoms with van der Waals surface area (Å²) in [5.74, 6) is 0.320. The van der Waals surface area contributed by atoms with Crippen molar-refractivity contribution in [3.8, 4) is 5.75 Å². The van der Waals surface area contributed by atoms with E-state index in [4.69, 9.17) is 4.74 Å². The average Bonchev–Trinajstić information content (AvgIpc) is 2.27. The van der Waals surface area contributed by atoms with E-state index in [1.807, 2.05) is 19.1 Å². The van der Waals surface area contributed by atoms with E-state index in [9.17, 15) is 5.11 Å². The smallest absolute Gasteiger partial charge is 0.115 e. The van der Waals surface area contributed by atoms with Gasteiger partial charge in [-0.15, -0.1) is 0 Å². The lowest BCUT2D eigenvalue weighted by molar-refractivity contribution is -0.0120. The van der Waals surface area contributed by atoms with Gasteiger partial charge in [0.2, 0.25) is 0 Å². The molecular weight excluding hydrogens is 214 g/mol. The Kier molecular flexibility index (Phi) is 4.02. The molecule has 2 N–H and O–H groups in total. The first kappa shape index (κ1) is 12.4. The predicted molar refractivity (Wildman–Crippen MR) is 68.1 cm³/mol. The molecule has 17 heavy (non-hydrogen) atoms. The summed E-state index contributed by atoms with van der Waals surface area (Å²) in [6.07, 6.45) is 2.66. The standard InChI is InChI=1S/C14H21NO2/c1-3-17-14-8-12(9-14)15-10(2)11-4-6-13(16)7-5-11/h4-7,10,12,14-16H,3,8-9H2,1-2H3. The van der Waals surface area contributed by atoms with Crippen LogP contribution in [0.4, 0.5) is 0 Å². The molecule has 1 aromatic rings. The third kappa shape index (κ3) is 3.20. The molecular formula is C14H21NO2. The first-order valence-corrected chi connectivity index (χ1v) is 6.35. The third-order valence-corrected chi connectivity index (χ3v) is 3.38. The number of benzene rings is 1. The van der Waals surface area contributed by atoms with Crippen molar-refractivity contribution in [1.29, 1.82) is 0 Å². The van der Waals surface area contributed by atoms with Gasteiger partial charge >= 0.3 is 0 Å². The Hall–Kier alpha value is -1.06. The lowest BCUT2D eigenvalue weighted by Gasteiger charge is -2.37. The molecule has 1 fully saturated rings. The van der Waals surface area contributed by atoms with Crippen molar-refractivity contribution in [3.05, 3.63) is 29.8 Å². The summed E-state index contributed by atoms with van der Waals surface area (Å²) in [5.41, 5.74) is 1.21. The van der Waals surface area contributed by atoms with Crippen molar-refractivity contribution in [1.82, 2.24) is 5.32 Å². The zero-order chi connectivity index (χ0) is 12.3. The summed E-state index contributed by atoms with van der Waals surface area (Å²) in [4.78, 5) is 0. The second kappa shape index (κ2) is 5.52. The van der Waals surface area contributed by atoms with Gasteiger partial charge in [-0.3, -0.25) is 0 Å². The number of hydrogen-bond acceptors (Lipinski definition) is 3. The Bertz CT molecular complexity index is 344. The fourth-order valence-corrected chi connectivity index (χ4v) is 2.29. The number of phenolic OH excluding ortho intramolecular Hbond substituents is 1. The lowest BCUT2D eigenvalue weighted by Crippen LogP contribution is -2.46. The minimum Gasteiger partial charge on any atom is -0.508 e. The molecule has 2 rings (SSSR count). The molecule has 0 radical (unpaired) electrons. The molecule has 0 aromatic heterocycles. The Balaban J connectivity index is 1.78. The molecule has 1 aromatic carbocycles. The number of rotatable bonds is 5. The maximum absolute atomic E-state index is 9.23. The largest absolute Gasteiger partial charge is 0.508 e. The fourth-order valence-electron chi connectivity index (χ4n) is 2.29. The van der Waals surface area contributed by atoms with E-state index < -0.39 is 0 Å². The molecule has 0 saturated heterocycles. The van der Waals surface area contributed by atoms with Crippen LogP contribution in [0.25, 0.3) is 0 Å². The number of aromatic hydroxyl groups is 1. The summed E-state index contributed by atoms with van der Waals surface area (Å²) in [7, 11) is 0. The summed E-state index contributed by atoms with van der Waals surface area (Å²) in [5, 5.41) is 12.8. The first-order chi connectivity index (χ1) is 8.19. The van der Waals surface area contributed by atoms with Gasteiger partial charge < -0.3 is 15.2 Å². The Morgan fingerprint density at radius 1 is 1.35 bits per heavy atom. The van der Waals surface area contributed by atoms with Crippen molar-refractivity contribution in [2.75, 3.05) is 6.61 Å². The van der Waals surface area contributed by atoms with Crippen LogP contribution in [0.1, 0.15) is 38.3 Å². The van der Waals surface area contributed by atoms with Crippen molar-refractivity contribution < 1.29 is 9.84 Å². The zero-order valence-corrected chi connectivity index (χ0v) is 10.5. The van der Waals surface area contributed by atoms with E-state index in [1.54, 1.807) is 12.1 Å². The number of nitrogens with one attached hydrogen (secondary N) is 1. The quantitative estimate of drug-likeness (QED) is 0.824. The molecule has 1 aliphatic carbocycles.